The number of hydrogen-bond donors (Lipinski definition) is 6. The first-order valence-electron chi connectivity index (χ1n) is 28.5. The molecule has 0 fully saturated rings. The molecule has 14 nitrogen and oxygen atoms in total. The lowest BCUT2D eigenvalue weighted by Crippen LogP contribution is -2.38. The van der Waals surface area contributed by atoms with Crippen LogP contribution >= 0.6 is 0 Å². The van der Waals surface area contributed by atoms with Gasteiger partial charge in [-0.05, 0) is 138 Å². The molecule has 6 atom stereocenters. The number of aliphatic hydroxyl groups is 1. The summed E-state index contributed by atoms with van der Waals surface area (Å²) in [6.07, 6.45) is 27.8. The number of ketones is 2. The number of rotatable bonds is 12. The molecule has 11 rings (SSSR count). The molecule has 14 heteroatoms. The van der Waals surface area contributed by atoms with Gasteiger partial charge in [0.2, 0.25) is 5.75 Å². The van der Waals surface area contributed by atoms with Crippen molar-refractivity contribution in [3.05, 3.63) is 221 Å². The zero-order chi connectivity index (χ0) is 57.8. The molecule has 2 aliphatic carbocycles. The lowest BCUT2D eigenvalue weighted by atomic mass is 9.57. The Morgan fingerprint density at radius 2 is 1.67 bits per heavy atom. The number of benzene rings is 5. The fourth-order valence-electron chi connectivity index (χ4n) is 13.0. The van der Waals surface area contributed by atoms with Crippen molar-refractivity contribution >= 4 is 34.0 Å². The number of hydrogen-bond acceptors (Lipinski definition) is 12. The number of nitrogens with zero attached hydrogens (tertiary/aromatic N) is 2. The number of Topliss-reactive ketones (excluding diaryl/α,β-unsaturated/α-hetero) is 2. The van der Waals surface area contributed by atoms with Gasteiger partial charge in [-0.2, -0.15) is 0 Å². The minimum Gasteiger partial charge on any atom is -0.508 e. The Bertz CT molecular complexity index is 3740. The number of carbonyl (C=O) groups excluding carboxylic acids is 3. The number of aliphatic hydroxyl groups excluding tert-OH is 1. The van der Waals surface area contributed by atoms with Crippen molar-refractivity contribution in [2.24, 2.45) is 11.3 Å². The number of esters is 1. The van der Waals surface area contributed by atoms with Crippen molar-refractivity contribution in [2.75, 3.05) is 25.1 Å². The zero-order valence-electron chi connectivity index (χ0n) is 47.0. The Morgan fingerprint density at radius 3 is 2.47 bits per heavy atom. The van der Waals surface area contributed by atoms with Gasteiger partial charge in [0.05, 0.1) is 25.4 Å². The van der Waals surface area contributed by atoms with Crippen LogP contribution in [0.15, 0.2) is 182 Å². The summed E-state index contributed by atoms with van der Waals surface area (Å²) in [5.74, 6) is 0.149. The Labute approximate surface area is 483 Å². The predicted molar refractivity (Wildman–Crippen MR) is 320 cm³/mol. The smallest absolute Gasteiger partial charge is 0.302 e. The highest BCUT2D eigenvalue weighted by Gasteiger charge is 2.46. The molecule has 7 aromatic rings. The third-order valence-corrected chi connectivity index (χ3v) is 17.0. The van der Waals surface area contributed by atoms with Gasteiger partial charge < -0.3 is 54.4 Å². The van der Waals surface area contributed by atoms with Gasteiger partial charge in [0, 0.05) is 98.2 Å². The number of anilines is 1. The highest BCUT2D eigenvalue weighted by atomic mass is 16.5. The van der Waals surface area contributed by atoms with Crippen molar-refractivity contribution < 1.29 is 49.0 Å². The molecule has 4 bridgehead atoms. The average Bonchev–Trinajstić information content (AvgIpc) is 4.24. The first-order chi connectivity index (χ1) is 40.2. The van der Waals surface area contributed by atoms with E-state index in [1.54, 1.807) is 37.3 Å². The van der Waals surface area contributed by atoms with E-state index in [2.05, 4.69) is 82.3 Å². The van der Waals surface area contributed by atoms with Crippen molar-refractivity contribution in [3.63, 3.8) is 0 Å². The van der Waals surface area contributed by atoms with Crippen LogP contribution < -0.4 is 19.7 Å². The lowest BCUT2D eigenvalue weighted by molar-refractivity contribution is -0.148. The molecule has 0 amide bonds. The molecule has 5 aromatic carbocycles. The number of methoxy groups -OCH3 is 1. The van der Waals surface area contributed by atoms with Crippen molar-refractivity contribution in [1.29, 1.82) is 0 Å². The van der Waals surface area contributed by atoms with Gasteiger partial charge in [-0.3, -0.25) is 14.4 Å². The molecule has 2 aliphatic heterocycles. The zero-order valence-corrected chi connectivity index (χ0v) is 47.0. The van der Waals surface area contributed by atoms with E-state index in [0.29, 0.717) is 55.3 Å². The monoisotopic (exact) mass is 1110 g/mol. The van der Waals surface area contributed by atoms with Crippen LogP contribution in [0.4, 0.5) is 5.69 Å². The normalized spacial score (nSPS) is 21.6. The molecular formula is C69H70N4O10. The Balaban J connectivity index is 1.07. The Hall–Kier alpha value is -9.01. The van der Waals surface area contributed by atoms with E-state index in [4.69, 9.17) is 14.2 Å². The second-order valence-electron chi connectivity index (χ2n) is 22.4. The largest absolute Gasteiger partial charge is 0.508 e. The van der Waals surface area contributed by atoms with E-state index < -0.39 is 23.5 Å². The number of H-pyrrole nitrogens is 1. The number of nitrogens with one attached hydrogen (secondary N) is 2. The fraction of sp³-hybridized carbons (Fsp3) is 0.290. The number of phenols is 3. The fourth-order valence-corrected chi connectivity index (χ4v) is 13.0. The second kappa shape index (κ2) is 24.2. The van der Waals surface area contributed by atoms with E-state index in [1.165, 1.54) is 20.1 Å². The number of phenolic OH excluding ortho intramolecular Hbond substituents is 3. The van der Waals surface area contributed by atoms with Gasteiger partial charge in [0.25, 0.3) is 0 Å². The Morgan fingerprint density at radius 1 is 0.831 bits per heavy atom. The molecule has 6 N–H and O–H groups in total. The molecule has 0 saturated carbocycles. The van der Waals surface area contributed by atoms with Crippen molar-refractivity contribution in [1.82, 2.24) is 14.9 Å². The highest BCUT2D eigenvalue weighted by Crippen LogP contribution is 2.55. The number of ether oxygens (including phenoxy) is 3. The van der Waals surface area contributed by atoms with Gasteiger partial charge in [0.1, 0.15) is 40.7 Å². The summed E-state index contributed by atoms with van der Waals surface area (Å²) in [4.78, 5) is 46.8. The molecule has 83 heavy (non-hydrogen) atoms. The van der Waals surface area contributed by atoms with Gasteiger partial charge >= 0.3 is 5.97 Å². The predicted octanol–water partition coefficient (Wildman–Crippen LogP) is 12.6. The third-order valence-electron chi connectivity index (χ3n) is 17.0. The van der Waals surface area contributed by atoms with Crippen LogP contribution in [0.5, 0.6) is 34.5 Å². The average molecular weight is 1120 g/mol. The number of dihydropyridines is 1. The number of fused-ring (bicyclic) bond motifs is 4. The summed E-state index contributed by atoms with van der Waals surface area (Å²) in [6.45, 7) is 3.42. The highest BCUT2D eigenvalue weighted by molar-refractivity contribution is 5.97. The van der Waals surface area contributed by atoms with E-state index >= 15 is 4.79 Å². The molecule has 0 saturated heterocycles. The minimum absolute atomic E-state index is 0.00000923. The van der Waals surface area contributed by atoms with Crippen LogP contribution in [0.25, 0.3) is 10.8 Å². The molecule has 2 aromatic heterocycles. The summed E-state index contributed by atoms with van der Waals surface area (Å²) >= 11 is 0. The molecule has 0 unspecified atom stereocenters. The van der Waals surface area contributed by atoms with Crippen molar-refractivity contribution in [3.8, 4) is 34.5 Å². The molecule has 0 radical (unpaired) electrons. The van der Waals surface area contributed by atoms with E-state index in [0.717, 1.165) is 56.7 Å². The minimum atomic E-state index is -0.807. The molecule has 4 heterocycles. The first-order valence-corrected chi connectivity index (χ1v) is 28.5. The molecule has 426 valence electrons. The summed E-state index contributed by atoms with van der Waals surface area (Å²) < 4.78 is 20.4. The van der Waals surface area contributed by atoms with E-state index in [9.17, 15) is 30.0 Å². The van der Waals surface area contributed by atoms with Crippen molar-refractivity contribution in [2.45, 2.75) is 95.8 Å². The topological polar surface area (TPSA) is 196 Å². The van der Waals surface area contributed by atoms with Gasteiger partial charge in [-0.1, -0.05) is 91.1 Å². The molecular weight excluding hydrogens is 1040 g/mol. The summed E-state index contributed by atoms with van der Waals surface area (Å²) in [7, 11) is 1.46. The van der Waals surface area contributed by atoms with Crippen LogP contribution in [0.3, 0.4) is 0 Å². The van der Waals surface area contributed by atoms with E-state index in [1.807, 2.05) is 71.6 Å². The van der Waals surface area contributed by atoms with Crippen LogP contribution in [0, 0.1) is 11.3 Å². The van der Waals surface area contributed by atoms with Gasteiger partial charge in [0.15, 0.2) is 11.5 Å². The number of allylic oxidation sites excluding steroid dienone is 8. The quantitative estimate of drug-likeness (QED) is 0.0501. The first kappa shape index (κ1) is 55.9. The SMILES string of the molecule is COc1cc([C@@H]2CC(=O)C[C@H](OC(C)=O)CC[C@]34C=CC=C[C@@H]3CC=C[C@@H]4c3c[nH]cc3C[C@H](c3cccc(O)c3)C3=CCNC(=C3)N(CCC(C)=O)c3ccc(CO)c4cn2cc34)cc(O)c1Oc1cc(O)cc(Cc2ccccc2)c1. The second-order valence-corrected chi connectivity index (χ2v) is 22.4. The van der Waals surface area contributed by atoms with Gasteiger partial charge in [-0.25, -0.2) is 0 Å². The van der Waals surface area contributed by atoms with E-state index in [-0.39, 0.29) is 89.7 Å². The summed E-state index contributed by atoms with van der Waals surface area (Å²) in [5, 5.41) is 50.0. The number of carbonyl (C=O) groups is 3. The third kappa shape index (κ3) is 12.0. The number of aromatic hydroxyl groups is 3. The maximum atomic E-state index is 15.1. The van der Waals surface area contributed by atoms with Crippen LogP contribution in [0.2, 0.25) is 0 Å². The lowest BCUT2D eigenvalue weighted by Gasteiger charge is -2.47. The standard InChI is InChI=1S/C69H70N4O10/c1-43(75)22-26-73-63-19-18-49(42-74)60-40-72(41-61(60)63)64(50-32-65(80)68(66(33-50)81-3)83-57-29-46(28-54(78)36-57)27-45-11-5-4-6-12-45)37-55(79)35-56(82-44(2)76)20-24-69-23-8-7-14-52(69)15-10-17-62(69)59-39-70-38-51(59)31-58(47-13-9-16-53(77)30-47)48-21-25-71-67(73)34-48/h4-14,16-19,21,23,28-30,32-34,36,38-41,52,56,58,62,64,70-71,74,77-78,80H,15,20,22,24-27,31,35,37,42H2,1-3H3/t52-,56-,58-,62-,64+,69-/m1/s1. The summed E-state index contributed by atoms with van der Waals surface area (Å²) in [6, 6.07) is 28.5. The van der Waals surface area contributed by atoms with Crippen LogP contribution in [-0.4, -0.2) is 73.8 Å². The maximum Gasteiger partial charge on any atom is 0.302 e. The number of aromatic amines is 1. The Kier molecular flexibility index (Phi) is 16.3. The maximum absolute atomic E-state index is 15.1. The molecule has 4 aliphatic rings. The number of aromatic nitrogens is 2. The van der Waals surface area contributed by atoms with Gasteiger partial charge in [-0.15, -0.1) is 0 Å². The summed E-state index contributed by atoms with van der Waals surface area (Å²) in [5.41, 5.74) is 7.43. The molecule has 1 spiro atoms. The van der Waals surface area contributed by atoms with Crippen LogP contribution in [-0.2, 0) is 38.6 Å². The van der Waals surface area contributed by atoms with Crippen LogP contribution in [0.1, 0.15) is 109 Å².